The Labute approximate surface area is 148 Å². The van der Waals surface area contributed by atoms with E-state index in [1.807, 2.05) is 29.0 Å². The van der Waals surface area contributed by atoms with Crippen molar-refractivity contribution in [2.45, 2.75) is 45.7 Å². The molecule has 3 rings (SSSR count). The predicted octanol–water partition coefficient (Wildman–Crippen LogP) is 2.38. The maximum absolute atomic E-state index is 12.6. The van der Waals surface area contributed by atoms with Crippen LogP contribution < -0.4 is 0 Å². The largest absolute Gasteiger partial charge is 0.445 e. The smallest absolute Gasteiger partial charge is 0.237 e. The fourth-order valence-corrected chi connectivity index (χ4v) is 2.92. The number of pyridine rings is 1. The van der Waals surface area contributed by atoms with Gasteiger partial charge in [-0.1, -0.05) is 20.8 Å². The third-order valence-electron chi connectivity index (χ3n) is 4.33. The zero-order chi connectivity index (χ0) is 18.0. The van der Waals surface area contributed by atoms with Crippen molar-refractivity contribution in [3.63, 3.8) is 0 Å². The molecule has 0 N–H and O–H groups in total. The summed E-state index contributed by atoms with van der Waals surface area (Å²) in [6, 6.07) is 3.94. The summed E-state index contributed by atoms with van der Waals surface area (Å²) in [4.78, 5) is 25.2. The van der Waals surface area contributed by atoms with Gasteiger partial charge in [-0.25, -0.2) is 4.98 Å². The molecule has 0 unspecified atom stereocenters. The lowest BCUT2D eigenvalue weighted by molar-refractivity contribution is -0.133. The second kappa shape index (κ2) is 6.96. The number of oxazole rings is 1. The monoisotopic (exact) mass is 342 g/mol. The maximum atomic E-state index is 12.6. The normalized spacial score (nSPS) is 14.7. The van der Waals surface area contributed by atoms with Gasteiger partial charge in [-0.05, 0) is 24.7 Å². The number of aromatic nitrogens is 2. The molecule has 0 saturated carbocycles. The second-order valence-electron chi connectivity index (χ2n) is 7.73. The molecule has 0 aliphatic carbocycles. The van der Waals surface area contributed by atoms with Crippen LogP contribution in [0, 0.1) is 0 Å². The number of nitrogens with zero attached hydrogens (tertiary/aromatic N) is 4. The first-order chi connectivity index (χ1) is 11.8. The predicted molar refractivity (Wildman–Crippen MR) is 94.9 cm³/mol. The van der Waals surface area contributed by atoms with Crippen LogP contribution in [-0.2, 0) is 29.7 Å². The standard InChI is InChI=1S/C19H26N4O2/c1-19(2,3)18-21-15-12-23(10-7-16(15)25-18)17(24)13-22(4)11-14-5-8-20-9-6-14/h5-6,8-9H,7,10-13H2,1-4H3. The van der Waals surface area contributed by atoms with Gasteiger partial charge in [0.15, 0.2) is 5.89 Å². The number of hydrogen-bond acceptors (Lipinski definition) is 5. The van der Waals surface area contributed by atoms with Crippen LogP contribution in [0.15, 0.2) is 28.9 Å². The highest BCUT2D eigenvalue weighted by molar-refractivity contribution is 5.78. The highest BCUT2D eigenvalue weighted by Crippen LogP contribution is 2.27. The van der Waals surface area contributed by atoms with Gasteiger partial charge in [0.05, 0.1) is 13.1 Å². The highest BCUT2D eigenvalue weighted by Gasteiger charge is 2.29. The van der Waals surface area contributed by atoms with E-state index in [1.54, 1.807) is 12.4 Å². The van der Waals surface area contributed by atoms with Gasteiger partial charge in [-0.2, -0.15) is 0 Å². The molecule has 3 heterocycles. The molecule has 6 heteroatoms. The van der Waals surface area contributed by atoms with Gasteiger partial charge in [0.25, 0.3) is 0 Å². The van der Waals surface area contributed by atoms with Crippen molar-refractivity contribution >= 4 is 5.91 Å². The Morgan fingerprint density at radius 1 is 1.32 bits per heavy atom. The molecule has 0 spiro atoms. The Kier molecular flexibility index (Phi) is 4.90. The van der Waals surface area contributed by atoms with Crippen LogP contribution in [0.2, 0.25) is 0 Å². The van der Waals surface area contributed by atoms with Crippen molar-refractivity contribution in [2.24, 2.45) is 0 Å². The van der Waals surface area contributed by atoms with E-state index in [1.165, 1.54) is 0 Å². The quantitative estimate of drug-likeness (QED) is 0.854. The fraction of sp³-hybridized carbons (Fsp3) is 0.526. The van der Waals surface area contributed by atoms with E-state index >= 15 is 0 Å². The van der Waals surface area contributed by atoms with Gasteiger partial charge in [-0.15, -0.1) is 0 Å². The third kappa shape index (κ3) is 4.25. The van der Waals surface area contributed by atoms with E-state index in [2.05, 4.69) is 30.7 Å². The van der Waals surface area contributed by atoms with Crippen LogP contribution in [0.25, 0.3) is 0 Å². The average Bonchev–Trinajstić information content (AvgIpc) is 2.99. The van der Waals surface area contributed by atoms with E-state index in [0.717, 1.165) is 35.9 Å². The summed E-state index contributed by atoms with van der Waals surface area (Å²) in [7, 11) is 1.96. The molecule has 1 amide bonds. The molecule has 1 aliphatic heterocycles. The molecule has 0 bridgehead atoms. The number of fused-ring (bicyclic) bond motifs is 1. The summed E-state index contributed by atoms with van der Waals surface area (Å²) in [6.07, 6.45) is 4.28. The zero-order valence-corrected chi connectivity index (χ0v) is 15.5. The van der Waals surface area contributed by atoms with Crippen LogP contribution >= 0.6 is 0 Å². The van der Waals surface area contributed by atoms with E-state index in [0.29, 0.717) is 19.6 Å². The van der Waals surface area contributed by atoms with Crippen molar-refractivity contribution in [2.75, 3.05) is 20.1 Å². The molecule has 0 fully saturated rings. The summed E-state index contributed by atoms with van der Waals surface area (Å²) in [5, 5.41) is 0. The second-order valence-corrected chi connectivity index (χ2v) is 7.73. The molecular formula is C19H26N4O2. The zero-order valence-electron chi connectivity index (χ0n) is 15.5. The van der Waals surface area contributed by atoms with Gasteiger partial charge < -0.3 is 9.32 Å². The summed E-state index contributed by atoms with van der Waals surface area (Å²) in [5.74, 6) is 1.81. The molecule has 134 valence electrons. The number of amides is 1. The Morgan fingerprint density at radius 3 is 2.72 bits per heavy atom. The van der Waals surface area contributed by atoms with E-state index in [-0.39, 0.29) is 11.3 Å². The highest BCUT2D eigenvalue weighted by atomic mass is 16.4. The molecule has 6 nitrogen and oxygen atoms in total. The van der Waals surface area contributed by atoms with E-state index < -0.39 is 0 Å². The molecule has 0 atom stereocenters. The van der Waals surface area contributed by atoms with Crippen LogP contribution in [-0.4, -0.2) is 45.8 Å². The van der Waals surface area contributed by atoms with E-state index in [4.69, 9.17) is 4.42 Å². The molecule has 2 aromatic rings. The van der Waals surface area contributed by atoms with Gasteiger partial charge >= 0.3 is 0 Å². The van der Waals surface area contributed by atoms with Crippen molar-refractivity contribution < 1.29 is 9.21 Å². The molecular weight excluding hydrogens is 316 g/mol. The molecule has 0 saturated heterocycles. The Hall–Kier alpha value is -2.21. The summed E-state index contributed by atoms with van der Waals surface area (Å²) in [6.45, 7) is 8.60. The Bertz CT molecular complexity index is 734. The first kappa shape index (κ1) is 17.6. The fourth-order valence-electron chi connectivity index (χ4n) is 2.92. The van der Waals surface area contributed by atoms with Gasteiger partial charge in [-0.3, -0.25) is 14.7 Å². The van der Waals surface area contributed by atoms with Crippen molar-refractivity contribution in [1.29, 1.82) is 0 Å². The molecule has 0 aromatic carbocycles. The molecule has 2 aromatic heterocycles. The summed E-state index contributed by atoms with van der Waals surface area (Å²) >= 11 is 0. The lowest BCUT2D eigenvalue weighted by atomic mass is 9.97. The third-order valence-corrected chi connectivity index (χ3v) is 4.33. The Morgan fingerprint density at radius 2 is 2.04 bits per heavy atom. The number of rotatable bonds is 4. The number of likely N-dealkylation sites (N-methyl/N-ethyl adjacent to an activating group) is 1. The number of carbonyl (C=O) groups is 1. The minimum absolute atomic E-state index is 0.114. The lowest BCUT2D eigenvalue weighted by Crippen LogP contribution is -2.41. The molecule has 0 radical (unpaired) electrons. The maximum Gasteiger partial charge on any atom is 0.237 e. The van der Waals surface area contributed by atoms with E-state index in [9.17, 15) is 4.79 Å². The van der Waals surface area contributed by atoms with Gasteiger partial charge in [0.1, 0.15) is 11.5 Å². The first-order valence-electron chi connectivity index (χ1n) is 8.67. The lowest BCUT2D eigenvalue weighted by Gasteiger charge is -2.27. The van der Waals surface area contributed by atoms with Crippen molar-refractivity contribution in [3.8, 4) is 0 Å². The van der Waals surface area contributed by atoms with Crippen LogP contribution in [0.5, 0.6) is 0 Å². The summed E-state index contributed by atoms with van der Waals surface area (Å²) in [5.41, 5.74) is 1.94. The van der Waals surface area contributed by atoms with Crippen LogP contribution in [0.1, 0.15) is 43.7 Å². The van der Waals surface area contributed by atoms with Crippen LogP contribution in [0.3, 0.4) is 0 Å². The Balaban J connectivity index is 1.59. The molecule has 25 heavy (non-hydrogen) atoms. The van der Waals surface area contributed by atoms with Crippen molar-refractivity contribution in [3.05, 3.63) is 47.4 Å². The van der Waals surface area contributed by atoms with Gasteiger partial charge in [0.2, 0.25) is 5.91 Å². The average molecular weight is 342 g/mol. The van der Waals surface area contributed by atoms with Crippen molar-refractivity contribution in [1.82, 2.24) is 19.8 Å². The number of hydrogen-bond donors (Lipinski definition) is 0. The topological polar surface area (TPSA) is 62.5 Å². The SMILES string of the molecule is CN(CC(=O)N1CCc2oc(C(C)(C)C)nc2C1)Cc1ccncc1. The van der Waals surface area contributed by atoms with Crippen LogP contribution in [0.4, 0.5) is 0 Å². The van der Waals surface area contributed by atoms with Gasteiger partial charge in [0, 0.05) is 37.3 Å². The number of carbonyl (C=O) groups excluding carboxylic acids is 1. The first-order valence-corrected chi connectivity index (χ1v) is 8.67. The summed E-state index contributed by atoms with van der Waals surface area (Å²) < 4.78 is 5.89. The molecule has 1 aliphatic rings. The minimum Gasteiger partial charge on any atom is -0.445 e. The minimum atomic E-state index is -0.114.